The molecule has 0 saturated carbocycles. The van der Waals surface area contributed by atoms with Crippen LogP contribution in [0.1, 0.15) is 27.2 Å². The minimum absolute atomic E-state index is 0.153. The zero-order valence-corrected chi connectivity index (χ0v) is 13.1. The first-order chi connectivity index (χ1) is 11.7. The molecule has 0 aliphatic rings. The Balaban J connectivity index is 1.96. The molecule has 1 aromatic carbocycles. The highest BCUT2D eigenvalue weighted by Crippen LogP contribution is 2.25. The Bertz CT molecular complexity index is 965. The lowest BCUT2D eigenvalue weighted by molar-refractivity contribution is 0.112. The zero-order chi connectivity index (χ0) is 17.1. The van der Waals surface area contributed by atoms with Gasteiger partial charge in [-0.15, -0.1) is 4.91 Å². The summed E-state index contributed by atoms with van der Waals surface area (Å²) in [6.45, 7) is 2.48. The summed E-state index contributed by atoms with van der Waals surface area (Å²) in [5.74, 6) is 0.153. The third-order valence-electron chi connectivity index (χ3n) is 4.16. The Hall–Kier alpha value is -3.33. The van der Waals surface area contributed by atoms with Crippen LogP contribution in [-0.2, 0) is 13.0 Å². The Morgan fingerprint density at radius 1 is 1.33 bits per heavy atom. The number of nitrogens with zero attached hydrogens (tertiary/aromatic N) is 4. The van der Waals surface area contributed by atoms with Crippen molar-refractivity contribution in [3.05, 3.63) is 63.8 Å². The van der Waals surface area contributed by atoms with E-state index in [9.17, 15) is 15.0 Å². The fourth-order valence-electron chi connectivity index (χ4n) is 2.81. The van der Waals surface area contributed by atoms with E-state index in [1.807, 2.05) is 23.6 Å². The van der Waals surface area contributed by atoms with Gasteiger partial charge in [0.15, 0.2) is 5.82 Å². The predicted molar refractivity (Wildman–Crippen MR) is 90.2 cm³/mol. The van der Waals surface area contributed by atoms with Gasteiger partial charge in [-0.2, -0.15) is 5.26 Å². The average molecular weight is 318 g/mol. The van der Waals surface area contributed by atoms with Crippen LogP contribution in [-0.4, -0.2) is 15.8 Å². The summed E-state index contributed by atoms with van der Waals surface area (Å²) in [4.78, 5) is 25.4. The van der Waals surface area contributed by atoms with Crippen molar-refractivity contribution in [2.45, 2.75) is 19.9 Å². The van der Waals surface area contributed by atoms with Gasteiger partial charge in [0, 0.05) is 29.2 Å². The molecule has 2 heterocycles. The summed E-state index contributed by atoms with van der Waals surface area (Å²) in [5.41, 5.74) is 3.93. The largest absolute Gasteiger partial charge is 0.332 e. The normalized spacial score (nSPS) is 10.5. The van der Waals surface area contributed by atoms with Crippen LogP contribution in [0, 0.1) is 23.2 Å². The number of hydrogen-bond donors (Lipinski definition) is 0. The molecule has 118 valence electrons. The third-order valence-corrected chi connectivity index (χ3v) is 4.16. The fourth-order valence-corrected chi connectivity index (χ4v) is 2.81. The number of pyridine rings is 1. The lowest BCUT2D eigenvalue weighted by atomic mass is 10.1. The summed E-state index contributed by atoms with van der Waals surface area (Å²) in [6.07, 6.45) is 3.11. The van der Waals surface area contributed by atoms with Crippen molar-refractivity contribution in [1.29, 1.82) is 5.26 Å². The van der Waals surface area contributed by atoms with Crippen LogP contribution >= 0.6 is 0 Å². The second-order valence-corrected chi connectivity index (χ2v) is 5.49. The van der Waals surface area contributed by atoms with Gasteiger partial charge in [0.25, 0.3) is 0 Å². The average Bonchev–Trinajstić information content (AvgIpc) is 2.99. The first-order valence-electron chi connectivity index (χ1n) is 7.44. The molecule has 2 aromatic heterocycles. The summed E-state index contributed by atoms with van der Waals surface area (Å²) >= 11 is 0. The van der Waals surface area contributed by atoms with E-state index < -0.39 is 0 Å². The van der Waals surface area contributed by atoms with Gasteiger partial charge in [0.1, 0.15) is 18.0 Å². The van der Waals surface area contributed by atoms with E-state index in [-0.39, 0.29) is 5.82 Å². The second kappa shape index (κ2) is 6.42. The van der Waals surface area contributed by atoms with E-state index in [0.29, 0.717) is 24.2 Å². The zero-order valence-electron chi connectivity index (χ0n) is 13.1. The van der Waals surface area contributed by atoms with Crippen LogP contribution in [0.4, 0.5) is 5.82 Å². The minimum Gasteiger partial charge on any atom is -0.332 e. The quantitative estimate of drug-likeness (QED) is 0.530. The van der Waals surface area contributed by atoms with Gasteiger partial charge in [0.2, 0.25) is 0 Å². The molecule has 0 fully saturated rings. The Morgan fingerprint density at radius 3 is 2.79 bits per heavy atom. The van der Waals surface area contributed by atoms with E-state index in [2.05, 4.69) is 16.2 Å². The Kier molecular flexibility index (Phi) is 4.17. The maximum absolute atomic E-state index is 11.1. The number of rotatable bonds is 5. The number of nitroso groups, excluding NO2 is 1. The van der Waals surface area contributed by atoms with Crippen LogP contribution in [0.3, 0.4) is 0 Å². The van der Waals surface area contributed by atoms with E-state index >= 15 is 0 Å². The highest BCUT2D eigenvalue weighted by atomic mass is 16.3. The molecule has 0 N–H and O–H groups in total. The second-order valence-electron chi connectivity index (χ2n) is 5.49. The standard InChI is InChI=1S/C18H14N4O2/c1-12-14(11-23)3-4-17-16(12)8-15(9-19)22(17)7-6-13-2-5-18(21-24)20-10-13/h2-5,8,10-11H,6-7H2,1H3. The molecule has 0 unspecified atom stereocenters. The van der Waals surface area contributed by atoms with E-state index in [1.165, 1.54) is 0 Å². The van der Waals surface area contributed by atoms with Crippen LogP contribution in [0.15, 0.2) is 41.7 Å². The van der Waals surface area contributed by atoms with Crippen molar-refractivity contribution in [1.82, 2.24) is 9.55 Å². The van der Waals surface area contributed by atoms with Crippen molar-refractivity contribution >= 4 is 23.0 Å². The minimum atomic E-state index is 0.153. The molecule has 24 heavy (non-hydrogen) atoms. The summed E-state index contributed by atoms with van der Waals surface area (Å²) < 4.78 is 1.93. The molecular formula is C18H14N4O2. The maximum atomic E-state index is 11.1. The molecule has 0 bridgehead atoms. The smallest absolute Gasteiger partial charge is 0.196 e. The van der Waals surface area contributed by atoms with Crippen molar-refractivity contribution < 1.29 is 4.79 Å². The molecule has 0 aliphatic carbocycles. The molecule has 3 aromatic rings. The summed E-state index contributed by atoms with van der Waals surface area (Å²) in [7, 11) is 0. The van der Waals surface area contributed by atoms with Crippen LogP contribution < -0.4 is 0 Å². The molecule has 0 spiro atoms. The van der Waals surface area contributed by atoms with Gasteiger partial charge in [0.05, 0.1) is 0 Å². The number of aldehydes is 1. The Labute approximate surface area is 138 Å². The highest BCUT2D eigenvalue weighted by molar-refractivity contribution is 5.92. The molecule has 0 radical (unpaired) electrons. The number of benzene rings is 1. The molecule has 6 nitrogen and oxygen atoms in total. The SMILES string of the molecule is Cc1c(C=O)ccc2c1cc(C#N)n2CCc1ccc(N=O)nc1. The predicted octanol–water partition coefficient (Wildman–Crippen LogP) is 3.67. The number of aryl methyl sites for hydroxylation is 3. The molecule has 3 rings (SSSR count). The lowest BCUT2D eigenvalue weighted by Gasteiger charge is -2.08. The monoisotopic (exact) mass is 318 g/mol. The van der Waals surface area contributed by atoms with E-state index in [0.717, 1.165) is 28.3 Å². The van der Waals surface area contributed by atoms with Gasteiger partial charge in [-0.05, 0) is 53.9 Å². The number of hydrogen-bond acceptors (Lipinski definition) is 5. The van der Waals surface area contributed by atoms with E-state index in [1.54, 1.807) is 24.4 Å². The third kappa shape index (κ3) is 2.68. The van der Waals surface area contributed by atoms with Gasteiger partial charge >= 0.3 is 0 Å². The molecule has 0 amide bonds. The molecular weight excluding hydrogens is 304 g/mol. The fraction of sp³-hybridized carbons (Fsp3) is 0.167. The van der Waals surface area contributed by atoms with Crippen molar-refractivity contribution in [2.24, 2.45) is 5.18 Å². The molecule has 0 atom stereocenters. The number of carbonyl (C=O) groups excluding carboxylic acids is 1. The molecule has 0 aliphatic heterocycles. The number of fused-ring (bicyclic) bond motifs is 1. The van der Waals surface area contributed by atoms with Crippen LogP contribution in [0.25, 0.3) is 10.9 Å². The highest BCUT2D eigenvalue weighted by Gasteiger charge is 2.12. The van der Waals surface area contributed by atoms with Crippen LogP contribution in [0.2, 0.25) is 0 Å². The van der Waals surface area contributed by atoms with Gasteiger partial charge < -0.3 is 4.57 Å². The topological polar surface area (TPSA) is 88.1 Å². The van der Waals surface area contributed by atoms with E-state index in [4.69, 9.17) is 0 Å². The van der Waals surface area contributed by atoms with Crippen molar-refractivity contribution in [3.63, 3.8) is 0 Å². The van der Waals surface area contributed by atoms with Crippen molar-refractivity contribution in [2.75, 3.05) is 0 Å². The van der Waals surface area contributed by atoms with Crippen molar-refractivity contribution in [3.8, 4) is 6.07 Å². The number of aromatic nitrogens is 2. The lowest BCUT2D eigenvalue weighted by Crippen LogP contribution is -2.04. The number of carbonyl (C=O) groups is 1. The Morgan fingerprint density at radius 2 is 2.17 bits per heavy atom. The first kappa shape index (κ1) is 15.6. The van der Waals surface area contributed by atoms with Gasteiger partial charge in [-0.1, -0.05) is 6.07 Å². The summed E-state index contributed by atoms with van der Waals surface area (Å²) in [5, 5.41) is 13.1. The number of nitriles is 1. The van der Waals surface area contributed by atoms with Gasteiger partial charge in [-0.25, -0.2) is 4.98 Å². The summed E-state index contributed by atoms with van der Waals surface area (Å²) in [6, 6.07) is 11.0. The molecule has 6 heteroatoms. The van der Waals surface area contributed by atoms with Gasteiger partial charge in [-0.3, -0.25) is 4.79 Å². The first-order valence-corrected chi connectivity index (χ1v) is 7.44. The van der Waals surface area contributed by atoms with Crippen LogP contribution in [0.5, 0.6) is 0 Å². The molecule has 0 saturated heterocycles. The maximum Gasteiger partial charge on any atom is 0.196 e.